The van der Waals surface area contributed by atoms with Gasteiger partial charge in [0.1, 0.15) is 0 Å². The SMILES string of the molecule is CCCC(C)CC(N)c1ccc(OC)c(F)c1. The summed E-state index contributed by atoms with van der Waals surface area (Å²) in [5, 5.41) is 0. The lowest BCUT2D eigenvalue weighted by molar-refractivity contribution is 0.385. The predicted molar refractivity (Wildman–Crippen MR) is 68.6 cm³/mol. The van der Waals surface area contributed by atoms with Crippen molar-refractivity contribution >= 4 is 0 Å². The van der Waals surface area contributed by atoms with E-state index in [-0.39, 0.29) is 17.6 Å². The van der Waals surface area contributed by atoms with Crippen molar-refractivity contribution in [3.63, 3.8) is 0 Å². The number of halogens is 1. The standard InChI is InChI=1S/C14H22FNO/c1-4-5-10(2)8-13(16)11-6-7-14(17-3)12(15)9-11/h6-7,9-10,13H,4-5,8,16H2,1-3H3. The normalized spacial score (nSPS) is 14.4. The number of ether oxygens (including phenoxy) is 1. The van der Waals surface area contributed by atoms with E-state index in [0.29, 0.717) is 5.92 Å². The van der Waals surface area contributed by atoms with Crippen LogP contribution in [0.15, 0.2) is 18.2 Å². The van der Waals surface area contributed by atoms with Crippen LogP contribution in [0.5, 0.6) is 5.75 Å². The molecule has 1 rings (SSSR count). The Labute approximate surface area is 103 Å². The van der Waals surface area contributed by atoms with Crippen LogP contribution in [-0.4, -0.2) is 7.11 Å². The average molecular weight is 239 g/mol. The lowest BCUT2D eigenvalue weighted by atomic mass is 9.93. The minimum Gasteiger partial charge on any atom is -0.494 e. The Balaban J connectivity index is 2.69. The van der Waals surface area contributed by atoms with E-state index < -0.39 is 0 Å². The molecule has 2 unspecified atom stereocenters. The van der Waals surface area contributed by atoms with Crippen LogP contribution < -0.4 is 10.5 Å². The van der Waals surface area contributed by atoms with Crippen LogP contribution in [0.4, 0.5) is 4.39 Å². The van der Waals surface area contributed by atoms with Crippen LogP contribution in [0.3, 0.4) is 0 Å². The second-order valence-corrected chi connectivity index (χ2v) is 4.63. The molecule has 0 bridgehead atoms. The summed E-state index contributed by atoms with van der Waals surface area (Å²) in [5.74, 6) is 0.492. The van der Waals surface area contributed by atoms with Gasteiger partial charge in [-0.1, -0.05) is 32.8 Å². The largest absolute Gasteiger partial charge is 0.494 e. The van der Waals surface area contributed by atoms with Crippen LogP contribution in [0.1, 0.15) is 44.7 Å². The van der Waals surface area contributed by atoms with Gasteiger partial charge < -0.3 is 10.5 Å². The summed E-state index contributed by atoms with van der Waals surface area (Å²) in [4.78, 5) is 0. The fraction of sp³-hybridized carbons (Fsp3) is 0.571. The maximum absolute atomic E-state index is 13.5. The number of methoxy groups -OCH3 is 1. The van der Waals surface area contributed by atoms with Crippen molar-refractivity contribution in [1.82, 2.24) is 0 Å². The van der Waals surface area contributed by atoms with Gasteiger partial charge in [-0.05, 0) is 30.0 Å². The van der Waals surface area contributed by atoms with Crippen molar-refractivity contribution in [2.24, 2.45) is 11.7 Å². The Bertz CT molecular complexity index is 354. The minimum atomic E-state index is -0.344. The third kappa shape index (κ3) is 4.00. The molecule has 1 aromatic rings. The summed E-state index contributed by atoms with van der Waals surface area (Å²) in [5.41, 5.74) is 6.92. The molecule has 0 aliphatic carbocycles. The highest BCUT2D eigenvalue weighted by atomic mass is 19.1. The summed E-state index contributed by atoms with van der Waals surface area (Å²) in [6.45, 7) is 4.35. The molecule has 0 aliphatic heterocycles. The van der Waals surface area contributed by atoms with Crippen molar-refractivity contribution in [1.29, 1.82) is 0 Å². The van der Waals surface area contributed by atoms with Crippen LogP contribution >= 0.6 is 0 Å². The molecule has 0 amide bonds. The first-order chi connectivity index (χ1) is 8.08. The van der Waals surface area contributed by atoms with E-state index in [1.807, 2.05) is 6.07 Å². The topological polar surface area (TPSA) is 35.2 Å². The monoisotopic (exact) mass is 239 g/mol. The molecule has 0 heterocycles. The summed E-state index contributed by atoms with van der Waals surface area (Å²) < 4.78 is 18.4. The van der Waals surface area contributed by atoms with Crippen molar-refractivity contribution < 1.29 is 9.13 Å². The second-order valence-electron chi connectivity index (χ2n) is 4.63. The molecule has 1 aromatic carbocycles. The number of rotatable bonds is 6. The van der Waals surface area contributed by atoms with E-state index in [2.05, 4.69) is 13.8 Å². The van der Waals surface area contributed by atoms with Gasteiger partial charge in [0.15, 0.2) is 11.6 Å². The first kappa shape index (κ1) is 14.0. The van der Waals surface area contributed by atoms with E-state index in [4.69, 9.17) is 10.5 Å². The lowest BCUT2D eigenvalue weighted by Gasteiger charge is -2.17. The molecular weight excluding hydrogens is 217 g/mol. The number of nitrogens with two attached hydrogens (primary N) is 1. The zero-order chi connectivity index (χ0) is 12.8. The maximum atomic E-state index is 13.5. The van der Waals surface area contributed by atoms with Gasteiger partial charge in [0.05, 0.1) is 7.11 Å². The number of hydrogen-bond acceptors (Lipinski definition) is 2. The Morgan fingerprint density at radius 2 is 2.12 bits per heavy atom. The van der Waals surface area contributed by atoms with Crippen LogP contribution in [0.2, 0.25) is 0 Å². The van der Waals surface area contributed by atoms with E-state index in [1.54, 1.807) is 6.07 Å². The Hall–Kier alpha value is -1.09. The van der Waals surface area contributed by atoms with Gasteiger partial charge in [-0.25, -0.2) is 4.39 Å². The Morgan fingerprint density at radius 1 is 1.41 bits per heavy atom. The summed E-state index contributed by atoms with van der Waals surface area (Å²) >= 11 is 0. The van der Waals surface area contributed by atoms with Crippen LogP contribution in [-0.2, 0) is 0 Å². The van der Waals surface area contributed by atoms with Crippen molar-refractivity contribution in [2.45, 2.75) is 39.2 Å². The highest BCUT2D eigenvalue weighted by molar-refractivity contribution is 5.30. The second kappa shape index (κ2) is 6.60. The highest BCUT2D eigenvalue weighted by Crippen LogP contribution is 2.25. The van der Waals surface area contributed by atoms with Gasteiger partial charge in [0.2, 0.25) is 0 Å². The Kier molecular flexibility index (Phi) is 5.42. The van der Waals surface area contributed by atoms with Crippen LogP contribution in [0.25, 0.3) is 0 Å². The van der Waals surface area contributed by atoms with Gasteiger partial charge in [-0.3, -0.25) is 0 Å². The molecule has 2 N–H and O–H groups in total. The fourth-order valence-electron chi connectivity index (χ4n) is 2.09. The van der Waals surface area contributed by atoms with Crippen molar-refractivity contribution in [3.05, 3.63) is 29.6 Å². The third-order valence-corrected chi connectivity index (χ3v) is 3.04. The number of benzene rings is 1. The molecular formula is C14H22FNO. The number of hydrogen-bond donors (Lipinski definition) is 1. The molecule has 0 radical (unpaired) electrons. The molecule has 17 heavy (non-hydrogen) atoms. The van der Waals surface area contributed by atoms with Gasteiger partial charge in [0, 0.05) is 6.04 Å². The Morgan fingerprint density at radius 3 is 2.65 bits per heavy atom. The first-order valence-electron chi connectivity index (χ1n) is 6.17. The highest BCUT2D eigenvalue weighted by Gasteiger charge is 2.13. The molecule has 3 heteroatoms. The van der Waals surface area contributed by atoms with E-state index in [0.717, 1.165) is 24.8 Å². The molecule has 0 fully saturated rings. The fourth-order valence-corrected chi connectivity index (χ4v) is 2.09. The molecule has 0 saturated heterocycles. The van der Waals surface area contributed by atoms with Gasteiger partial charge >= 0.3 is 0 Å². The maximum Gasteiger partial charge on any atom is 0.165 e. The van der Waals surface area contributed by atoms with Gasteiger partial charge in [0.25, 0.3) is 0 Å². The molecule has 96 valence electrons. The molecule has 0 aromatic heterocycles. The third-order valence-electron chi connectivity index (χ3n) is 3.04. The van der Waals surface area contributed by atoms with Gasteiger partial charge in [-0.2, -0.15) is 0 Å². The smallest absolute Gasteiger partial charge is 0.165 e. The molecule has 0 spiro atoms. The quantitative estimate of drug-likeness (QED) is 0.822. The summed E-state index contributed by atoms with van der Waals surface area (Å²) in [7, 11) is 1.46. The van der Waals surface area contributed by atoms with E-state index in [9.17, 15) is 4.39 Å². The summed E-state index contributed by atoms with van der Waals surface area (Å²) in [6.07, 6.45) is 3.21. The predicted octanol–water partition coefficient (Wildman–Crippen LogP) is 3.66. The molecule has 0 aliphatic rings. The molecule has 0 saturated carbocycles. The van der Waals surface area contributed by atoms with Gasteiger partial charge in [-0.15, -0.1) is 0 Å². The molecule has 2 atom stereocenters. The minimum absolute atomic E-state index is 0.100. The van der Waals surface area contributed by atoms with E-state index in [1.165, 1.54) is 13.2 Å². The lowest BCUT2D eigenvalue weighted by Crippen LogP contribution is -2.14. The zero-order valence-corrected chi connectivity index (χ0v) is 10.9. The zero-order valence-electron chi connectivity index (χ0n) is 10.9. The van der Waals surface area contributed by atoms with Crippen molar-refractivity contribution in [2.75, 3.05) is 7.11 Å². The average Bonchev–Trinajstić information content (AvgIpc) is 2.29. The van der Waals surface area contributed by atoms with E-state index >= 15 is 0 Å². The van der Waals surface area contributed by atoms with Crippen molar-refractivity contribution in [3.8, 4) is 5.75 Å². The van der Waals surface area contributed by atoms with Crippen LogP contribution in [0, 0.1) is 11.7 Å². The first-order valence-corrected chi connectivity index (χ1v) is 6.17. The molecule has 2 nitrogen and oxygen atoms in total. The summed E-state index contributed by atoms with van der Waals surface area (Å²) in [6, 6.07) is 4.85.